The van der Waals surface area contributed by atoms with E-state index < -0.39 is 17.7 Å². The molecule has 0 N–H and O–H groups in total. The minimum absolute atomic E-state index is 0.0403. The standard InChI is InChI=1S/C14H10N2O5/c1-9-5-4-8-16-12(9)21-14(19)11(17)13(18)20-10-6-2-3-7-15-10/h2-8H,1H3. The summed E-state index contributed by atoms with van der Waals surface area (Å²) >= 11 is 0. The smallest absolute Gasteiger partial charge is 0.393 e. The van der Waals surface area contributed by atoms with Crippen LogP contribution in [0.5, 0.6) is 11.8 Å². The molecule has 0 aromatic carbocycles. The Kier molecular flexibility index (Phi) is 4.35. The van der Waals surface area contributed by atoms with E-state index in [-0.39, 0.29) is 11.8 Å². The highest BCUT2D eigenvalue weighted by Crippen LogP contribution is 2.12. The van der Waals surface area contributed by atoms with Gasteiger partial charge in [-0.2, -0.15) is 0 Å². The van der Waals surface area contributed by atoms with E-state index >= 15 is 0 Å². The number of Topliss-reactive ketones (excluding diaryl/α,β-unsaturated/α-hetero) is 1. The van der Waals surface area contributed by atoms with Crippen molar-refractivity contribution in [2.24, 2.45) is 0 Å². The van der Waals surface area contributed by atoms with Crippen LogP contribution in [0.15, 0.2) is 42.7 Å². The number of nitrogens with zero attached hydrogens (tertiary/aromatic N) is 2. The van der Waals surface area contributed by atoms with E-state index in [1.165, 1.54) is 18.5 Å². The Morgan fingerprint density at radius 2 is 1.62 bits per heavy atom. The zero-order valence-electron chi connectivity index (χ0n) is 11.0. The van der Waals surface area contributed by atoms with Crippen LogP contribution in [0.3, 0.4) is 0 Å². The largest absolute Gasteiger partial charge is 0.401 e. The number of ether oxygens (including phenoxy) is 2. The van der Waals surface area contributed by atoms with Gasteiger partial charge in [-0.05, 0) is 19.1 Å². The van der Waals surface area contributed by atoms with Crippen molar-refractivity contribution in [1.82, 2.24) is 9.97 Å². The fourth-order valence-electron chi connectivity index (χ4n) is 1.34. The highest BCUT2D eigenvalue weighted by atomic mass is 16.6. The molecule has 0 amide bonds. The molecule has 0 aliphatic rings. The number of hydrogen-bond donors (Lipinski definition) is 0. The van der Waals surface area contributed by atoms with Crippen molar-refractivity contribution in [3.8, 4) is 11.8 Å². The van der Waals surface area contributed by atoms with Crippen LogP contribution < -0.4 is 9.47 Å². The van der Waals surface area contributed by atoms with Crippen molar-refractivity contribution in [3.05, 3.63) is 48.3 Å². The van der Waals surface area contributed by atoms with Gasteiger partial charge in [-0.3, -0.25) is 4.79 Å². The third kappa shape index (κ3) is 3.69. The number of ketones is 1. The molecule has 7 nitrogen and oxygen atoms in total. The Balaban J connectivity index is 2.01. The Labute approximate surface area is 119 Å². The summed E-state index contributed by atoms with van der Waals surface area (Å²) < 4.78 is 9.39. The summed E-state index contributed by atoms with van der Waals surface area (Å²) in [6.45, 7) is 1.65. The van der Waals surface area contributed by atoms with Gasteiger partial charge in [0.25, 0.3) is 0 Å². The Morgan fingerprint density at radius 3 is 2.29 bits per heavy atom. The molecular formula is C14H10N2O5. The first kappa shape index (κ1) is 14.3. The highest BCUT2D eigenvalue weighted by molar-refractivity contribution is 6.60. The number of carbonyl (C=O) groups excluding carboxylic acids is 3. The monoisotopic (exact) mass is 286 g/mol. The number of rotatable bonds is 4. The normalized spacial score (nSPS) is 9.76. The van der Waals surface area contributed by atoms with Crippen molar-refractivity contribution in [2.75, 3.05) is 0 Å². The average Bonchev–Trinajstić information content (AvgIpc) is 2.49. The van der Waals surface area contributed by atoms with Gasteiger partial charge in [-0.25, -0.2) is 19.6 Å². The van der Waals surface area contributed by atoms with Crippen molar-refractivity contribution in [3.63, 3.8) is 0 Å². The minimum Gasteiger partial charge on any atom is -0.401 e. The predicted octanol–water partition coefficient (Wildman–Crippen LogP) is 0.865. The number of carbonyl (C=O) groups is 3. The number of hydrogen-bond acceptors (Lipinski definition) is 7. The number of aryl methyl sites for hydroxylation is 1. The third-order valence-corrected chi connectivity index (χ3v) is 2.36. The highest BCUT2D eigenvalue weighted by Gasteiger charge is 2.28. The molecule has 0 saturated heterocycles. The molecule has 106 valence electrons. The molecule has 2 rings (SSSR count). The van der Waals surface area contributed by atoms with Gasteiger partial charge >= 0.3 is 17.7 Å². The van der Waals surface area contributed by atoms with Gasteiger partial charge < -0.3 is 9.47 Å². The van der Waals surface area contributed by atoms with Crippen LogP contribution in [0.1, 0.15) is 5.56 Å². The molecule has 0 fully saturated rings. The van der Waals surface area contributed by atoms with Gasteiger partial charge in [0.1, 0.15) is 0 Å². The molecule has 2 heterocycles. The van der Waals surface area contributed by atoms with Crippen molar-refractivity contribution >= 4 is 17.7 Å². The lowest BCUT2D eigenvalue weighted by atomic mass is 10.3. The van der Waals surface area contributed by atoms with E-state index in [9.17, 15) is 14.4 Å². The van der Waals surface area contributed by atoms with Gasteiger partial charge in [0.15, 0.2) is 0 Å². The number of pyridine rings is 2. The quantitative estimate of drug-likeness (QED) is 0.467. The van der Waals surface area contributed by atoms with E-state index in [1.54, 1.807) is 31.2 Å². The number of aromatic nitrogens is 2. The summed E-state index contributed by atoms with van der Waals surface area (Å²) in [5, 5.41) is 0. The van der Waals surface area contributed by atoms with E-state index in [4.69, 9.17) is 4.74 Å². The molecule has 0 spiro atoms. The van der Waals surface area contributed by atoms with Crippen molar-refractivity contribution in [1.29, 1.82) is 0 Å². The van der Waals surface area contributed by atoms with E-state index in [0.29, 0.717) is 5.56 Å². The topological polar surface area (TPSA) is 95.5 Å². The summed E-state index contributed by atoms with van der Waals surface area (Å²) in [6.07, 6.45) is 2.77. The molecule has 0 unspecified atom stereocenters. The van der Waals surface area contributed by atoms with Gasteiger partial charge in [-0.15, -0.1) is 0 Å². The van der Waals surface area contributed by atoms with Crippen LogP contribution >= 0.6 is 0 Å². The minimum atomic E-state index is -1.44. The lowest BCUT2D eigenvalue weighted by Gasteiger charge is -2.04. The third-order valence-electron chi connectivity index (χ3n) is 2.36. The van der Waals surface area contributed by atoms with Crippen LogP contribution in [0.25, 0.3) is 0 Å². The van der Waals surface area contributed by atoms with Crippen molar-refractivity contribution < 1.29 is 23.9 Å². The predicted molar refractivity (Wildman–Crippen MR) is 69.5 cm³/mol. The first-order valence-corrected chi connectivity index (χ1v) is 5.89. The molecule has 0 atom stereocenters. The molecule has 2 aromatic heterocycles. The lowest BCUT2D eigenvalue weighted by molar-refractivity contribution is -0.157. The average molecular weight is 286 g/mol. The van der Waals surface area contributed by atoms with Crippen LogP contribution in [0.2, 0.25) is 0 Å². The molecular weight excluding hydrogens is 276 g/mol. The van der Waals surface area contributed by atoms with Gasteiger partial charge in [0.05, 0.1) is 0 Å². The SMILES string of the molecule is Cc1cccnc1OC(=O)C(=O)C(=O)Oc1ccccn1. The fraction of sp³-hybridized carbons (Fsp3) is 0.0714. The van der Waals surface area contributed by atoms with Gasteiger partial charge in [-0.1, -0.05) is 12.1 Å². The van der Waals surface area contributed by atoms with E-state index in [1.807, 2.05) is 0 Å². The fourth-order valence-corrected chi connectivity index (χ4v) is 1.34. The first-order valence-electron chi connectivity index (χ1n) is 5.89. The summed E-state index contributed by atoms with van der Waals surface area (Å²) in [6, 6.07) is 7.84. The van der Waals surface area contributed by atoms with Gasteiger partial charge in [0.2, 0.25) is 11.8 Å². The Hall–Kier alpha value is -3.09. The van der Waals surface area contributed by atoms with Crippen LogP contribution in [-0.2, 0) is 14.4 Å². The second kappa shape index (κ2) is 6.38. The van der Waals surface area contributed by atoms with Crippen LogP contribution in [0.4, 0.5) is 0 Å². The zero-order valence-corrected chi connectivity index (χ0v) is 11.0. The van der Waals surface area contributed by atoms with Crippen LogP contribution in [0, 0.1) is 6.92 Å². The molecule has 2 aromatic rings. The maximum absolute atomic E-state index is 11.6. The van der Waals surface area contributed by atoms with Gasteiger partial charge in [0, 0.05) is 24.0 Å². The molecule has 0 bridgehead atoms. The zero-order chi connectivity index (χ0) is 15.2. The maximum atomic E-state index is 11.6. The second-order valence-electron chi connectivity index (χ2n) is 3.90. The molecule has 0 saturated carbocycles. The van der Waals surface area contributed by atoms with Crippen molar-refractivity contribution in [2.45, 2.75) is 6.92 Å². The molecule has 7 heteroatoms. The molecule has 0 radical (unpaired) electrons. The summed E-state index contributed by atoms with van der Waals surface area (Å²) in [4.78, 5) is 42.1. The molecule has 0 aliphatic heterocycles. The second-order valence-corrected chi connectivity index (χ2v) is 3.90. The summed E-state index contributed by atoms with van der Waals surface area (Å²) in [7, 11) is 0. The summed E-state index contributed by atoms with van der Waals surface area (Å²) in [5.41, 5.74) is 0.553. The Bertz CT molecular complexity index is 685. The lowest BCUT2D eigenvalue weighted by Crippen LogP contribution is -2.32. The van der Waals surface area contributed by atoms with Crippen LogP contribution in [-0.4, -0.2) is 27.7 Å². The van der Waals surface area contributed by atoms with E-state index in [0.717, 1.165) is 0 Å². The summed E-state index contributed by atoms with van der Waals surface area (Å²) in [5.74, 6) is -4.30. The van der Waals surface area contributed by atoms with E-state index in [2.05, 4.69) is 14.7 Å². The first-order chi connectivity index (χ1) is 10.1. The maximum Gasteiger partial charge on any atom is 0.393 e. The number of esters is 2. The Morgan fingerprint density at radius 1 is 0.905 bits per heavy atom. The molecule has 21 heavy (non-hydrogen) atoms. The molecule has 0 aliphatic carbocycles.